The van der Waals surface area contributed by atoms with Crippen LogP contribution in [-0.4, -0.2) is 41.0 Å². The highest BCUT2D eigenvalue weighted by Gasteiger charge is 2.35. The topological polar surface area (TPSA) is 108 Å². The second-order valence-corrected chi connectivity index (χ2v) is 7.49. The minimum atomic E-state index is -0.717. The van der Waals surface area contributed by atoms with E-state index in [9.17, 15) is 19.5 Å². The number of imide groups is 1. The molecule has 1 saturated heterocycles. The number of nitrogens with one attached hydrogen (secondary N) is 2. The molecule has 1 heterocycles. The predicted octanol–water partition coefficient (Wildman–Crippen LogP) is 3.39. The minimum absolute atomic E-state index is 0.0563. The first-order valence-corrected chi connectivity index (χ1v) is 9.94. The summed E-state index contributed by atoms with van der Waals surface area (Å²) in [5.74, 6) is -1.10. The van der Waals surface area contributed by atoms with Crippen LogP contribution in [0.2, 0.25) is 0 Å². The molecule has 0 radical (unpaired) electrons. The summed E-state index contributed by atoms with van der Waals surface area (Å²) in [5, 5.41) is 15.5. The van der Waals surface area contributed by atoms with Gasteiger partial charge in [0.15, 0.2) is 11.5 Å². The molecule has 0 atom stereocenters. The van der Waals surface area contributed by atoms with E-state index in [1.54, 1.807) is 37.3 Å². The Morgan fingerprint density at radius 2 is 2.07 bits per heavy atom. The van der Waals surface area contributed by atoms with Gasteiger partial charge in [0.05, 0.1) is 6.61 Å². The monoisotopic (exact) mass is 473 g/mol. The molecule has 1 aliphatic heterocycles. The standard InChI is InChI=1S/C21H20BrN3O5/c1-3-30-17-10-14(22)8-13(19(17)27)9-16-20(28)25(21(29)24-16)11-18(26)23-15-6-4-5-12(2)7-15/h4-10,27H,3,11H2,1-2H3,(H,23,26)(H,24,29)/b16-9+. The lowest BCUT2D eigenvalue weighted by Crippen LogP contribution is -2.38. The van der Waals surface area contributed by atoms with Gasteiger partial charge in [0.1, 0.15) is 12.2 Å². The third kappa shape index (κ3) is 4.80. The number of urea groups is 1. The number of anilines is 1. The van der Waals surface area contributed by atoms with Gasteiger partial charge in [-0.25, -0.2) is 9.69 Å². The molecule has 4 amide bonds. The number of carbonyl (C=O) groups excluding carboxylic acids is 3. The van der Waals surface area contributed by atoms with Crippen molar-refractivity contribution in [2.24, 2.45) is 0 Å². The maximum atomic E-state index is 12.6. The first-order valence-electron chi connectivity index (χ1n) is 9.15. The molecule has 156 valence electrons. The lowest BCUT2D eigenvalue weighted by molar-refractivity contribution is -0.127. The van der Waals surface area contributed by atoms with Gasteiger partial charge in [-0.2, -0.15) is 0 Å². The van der Waals surface area contributed by atoms with E-state index in [0.29, 0.717) is 16.8 Å². The second-order valence-electron chi connectivity index (χ2n) is 6.57. The Morgan fingerprint density at radius 1 is 1.30 bits per heavy atom. The molecule has 0 spiro atoms. The molecule has 3 N–H and O–H groups in total. The van der Waals surface area contributed by atoms with E-state index in [1.165, 1.54) is 6.08 Å². The van der Waals surface area contributed by atoms with Crippen LogP contribution >= 0.6 is 15.9 Å². The smallest absolute Gasteiger partial charge is 0.329 e. The van der Waals surface area contributed by atoms with Gasteiger partial charge in [-0.15, -0.1) is 0 Å². The van der Waals surface area contributed by atoms with Gasteiger partial charge < -0.3 is 20.5 Å². The van der Waals surface area contributed by atoms with Gasteiger partial charge in [-0.05, 0) is 49.8 Å². The molecule has 30 heavy (non-hydrogen) atoms. The van der Waals surface area contributed by atoms with E-state index in [2.05, 4.69) is 26.6 Å². The van der Waals surface area contributed by atoms with Gasteiger partial charge in [-0.3, -0.25) is 9.59 Å². The van der Waals surface area contributed by atoms with E-state index in [1.807, 2.05) is 13.0 Å². The van der Waals surface area contributed by atoms with Gasteiger partial charge in [0.25, 0.3) is 5.91 Å². The van der Waals surface area contributed by atoms with Crippen LogP contribution in [-0.2, 0) is 9.59 Å². The highest BCUT2D eigenvalue weighted by Crippen LogP contribution is 2.35. The summed E-state index contributed by atoms with van der Waals surface area (Å²) in [6.45, 7) is 3.57. The lowest BCUT2D eigenvalue weighted by Gasteiger charge is -2.12. The van der Waals surface area contributed by atoms with E-state index in [0.717, 1.165) is 10.5 Å². The van der Waals surface area contributed by atoms with Crippen LogP contribution in [0.15, 0.2) is 46.6 Å². The maximum Gasteiger partial charge on any atom is 0.329 e. The number of ether oxygens (including phenoxy) is 1. The lowest BCUT2D eigenvalue weighted by atomic mass is 10.1. The predicted molar refractivity (Wildman–Crippen MR) is 115 cm³/mol. The maximum absolute atomic E-state index is 12.6. The molecule has 1 fully saturated rings. The van der Waals surface area contributed by atoms with E-state index in [-0.39, 0.29) is 22.8 Å². The van der Waals surface area contributed by atoms with Crippen molar-refractivity contribution < 1.29 is 24.2 Å². The molecule has 1 aliphatic rings. The Balaban J connectivity index is 1.77. The van der Waals surface area contributed by atoms with Crippen LogP contribution in [0.4, 0.5) is 10.5 Å². The van der Waals surface area contributed by atoms with Crippen molar-refractivity contribution in [1.82, 2.24) is 10.2 Å². The highest BCUT2D eigenvalue weighted by atomic mass is 79.9. The molecule has 2 aromatic rings. The van der Waals surface area contributed by atoms with Crippen LogP contribution in [0.25, 0.3) is 6.08 Å². The summed E-state index contributed by atoms with van der Waals surface area (Å²) in [5.41, 5.74) is 1.76. The fourth-order valence-corrected chi connectivity index (χ4v) is 3.36. The van der Waals surface area contributed by atoms with Crippen molar-refractivity contribution in [2.45, 2.75) is 13.8 Å². The third-order valence-electron chi connectivity index (χ3n) is 4.23. The molecule has 2 aromatic carbocycles. The average Bonchev–Trinajstić information content (AvgIpc) is 2.93. The first kappa shape index (κ1) is 21.4. The van der Waals surface area contributed by atoms with Crippen molar-refractivity contribution in [1.29, 1.82) is 0 Å². The molecule has 3 rings (SSSR count). The molecule has 0 aromatic heterocycles. The van der Waals surface area contributed by atoms with Gasteiger partial charge in [0.2, 0.25) is 5.91 Å². The SMILES string of the molecule is CCOc1cc(Br)cc(/C=C2/NC(=O)N(CC(=O)Nc3cccc(C)c3)C2=O)c1O. The normalized spacial score (nSPS) is 14.8. The number of hydrogen-bond donors (Lipinski definition) is 3. The number of hydrogen-bond acceptors (Lipinski definition) is 5. The second kappa shape index (κ2) is 9.00. The number of rotatable bonds is 6. The van der Waals surface area contributed by atoms with Crippen molar-refractivity contribution in [3.8, 4) is 11.5 Å². The number of nitrogens with zero attached hydrogens (tertiary/aromatic N) is 1. The minimum Gasteiger partial charge on any atom is -0.504 e. The first-order chi connectivity index (χ1) is 14.3. The van der Waals surface area contributed by atoms with Crippen LogP contribution in [0.3, 0.4) is 0 Å². The van der Waals surface area contributed by atoms with Gasteiger partial charge in [-0.1, -0.05) is 28.1 Å². The molecule has 8 nitrogen and oxygen atoms in total. The van der Waals surface area contributed by atoms with E-state index >= 15 is 0 Å². The van der Waals surface area contributed by atoms with Crippen LogP contribution in [0, 0.1) is 6.92 Å². The van der Waals surface area contributed by atoms with E-state index < -0.39 is 24.4 Å². The summed E-state index contributed by atoms with van der Waals surface area (Å²) >= 11 is 3.32. The average molecular weight is 474 g/mol. The van der Waals surface area contributed by atoms with Crippen molar-refractivity contribution in [3.05, 3.63) is 57.7 Å². The summed E-state index contributed by atoms with van der Waals surface area (Å²) in [6, 6.07) is 9.63. The van der Waals surface area contributed by atoms with Crippen molar-refractivity contribution >= 4 is 45.5 Å². The zero-order chi connectivity index (χ0) is 21.8. The summed E-state index contributed by atoms with van der Waals surface area (Å²) in [6.07, 6.45) is 1.33. The van der Waals surface area contributed by atoms with Gasteiger partial charge >= 0.3 is 6.03 Å². The summed E-state index contributed by atoms with van der Waals surface area (Å²) in [7, 11) is 0. The number of carbonyl (C=O) groups is 3. The third-order valence-corrected chi connectivity index (χ3v) is 4.69. The van der Waals surface area contributed by atoms with Crippen LogP contribution in [0.1, 0.15) is 18.1 Å². The number of amides is 4. The number of aryl methyl sites for hydroxylation is 1. The molecular weight excluding hydrogens is 454 g/mol. The molecular formula is C21H20BrN3O5. The van der Waals surface area contributed by atoms with Gasteiger partial charge in [0, 0.05) is 15.7 Å². The Labute approximate surface area is 181 Å². The zero-order valence-corrected chi connectivity index (χ0v) is 17.9. The molecule has 0 bridgehead atoms. The number of phenols is 1. The van der Waals surface area contributed by atoms with Crippen LogP contribution in [0.5, 0.6) is 11.5 Å². The fourth-order valence-electron chi connectivity index (χ4n) is 2.91. The fraction of sp³-hybridized carbons (Fsp3) is 0.190. The molecule has 0 unspecified atom stereocenters. The van der Waals surface area contributed by atoms with Crippen LogP contribution < -0.4 is 15.4 Å². The highest BCUT2D eigenvalue weighted by molar-refractivity contribution is 9.10. The number of benzene rings is 2. The Hall–Kier alpha value is -3.33. The Bertz CT molecular complexity index is 1050. The Kier molecular flexibility index (Phi) is 6.41. The summed E-state index contributed by atoms with van der Waals surface area (Å²) in [4.78, 5) is 37.9. The largest absolute Gasteiger partial charge is 0.504 e. The molecule has 0 aliphatic carbocycles. The number of aromatic hydroxyl groups is 1. The van der Waals surface area contributed by atoms with Crippen molar-refractivity contribution in [2.75, 3.05) is 18.5 Å². The summed E-state index contributed by atoms with van der Waals surface area (Å²) < 4.78 is 5.99. The quantitative estimate of drug-likeness (QED) is 0.440. The van der Waals surface area contributed by atoms with Crippen molar-refractivity contribution in [3.63, 3.8) is 0 Å². The molecule has 0 saturated carbocycles. The van der Waals surface area contributed by atoms with E-state index in [4.69, 9.17) is 4.74 Å². The zero-order valence-electron chi connectivity index (χ0n) is 16.4. The number of phenolic OH excluding ortho intramolecular Hbond substituents is 1. The molecule has 9 heteroatoms. The number of halogens is 1. The Morgan fingerprint density at radius 3 is 2.77 bits per heavy atom.